The van der Waals surface area contributed by atoms with Gasteiger partial charge in [0.05, 0.1) is 22.2 Å². The zero-order chi connectivity index (χ0) is 27.9. The van der Waals surface area contributed by atoms with Gasteiger partial charge in [0, 0.05) is 17.1 Å². The van der Waals surface area contributed by atoms with E-state index in [0.717, 1.165) is 58.3 Å². The van der Waals surface area contributed by atoms with E-state index in [2.05, 4.69) is 21.2 Å². The molecule has 0 aliphatic heterocycles. The number of hydrogen-bond donors (Lipinski definition) is 1. The van der Waals surface area contributed by atoms with Crippen molar-refractivity contribution in [3.8, 4) is 5.75 Å². The van der Waals surface area contributed by atoms with E-state index in [0.29, 0.717) is 24.5 Å². The highest BCUT2D eigenvalue weighted by molar-refractivity contribution is 9.10. The van der Waals surface area contributed by atoms with Crippen LogP contribution in [-0.2, 0) is 24.2 Å². The van der Waals surface area contributed by atoms with Crippen molar-refractivity contribution in [2.45, 2.75) is 77.4 Å². The first kappa shape index (κ1) is 28.6. The van der Waals surface area contributed by atoms with Crippen LogP contribution in [0.5, 0.6) is 5.75 Å². The lowest BCUT2D eigenvalue weighted by atomic mass is 9.93. The number of rotatable bonds is 9. The number of hydrogen-bond acceptors (Lipinski definition) is 6. The molecule has 2 aliphatic carbocycles. The van der Waals surface area contributed by atoms with Crippen molar-refractivity contribution >= 4 is 50.4 Å². The summed E-state index contributed by atoms with van der Waals surface area (Å²) in [5.74, 6) is 0.430. The van der Waals surface area contributed by atoms with Gasteiger partial charge in [-0.05, 0) is 108 Å². The SMILES string of the molecule is CCOC(=O)c1ccc(COc2ccc(C=Nc3sc4c(c3C(=O)NC3CCCCC3)CCCC4)cc2Br)cc1. The summed E-state index contributed by atoms with van der Waals surface area (Å²) in [7, 11) is 0. The summed E-state index contributed by atoms with van der Waals surface area (Å²) in [5, 5.41) is 4.12. The molecule has 1 fully saturated rings. The van der Waals surface area contributed by atoms with E-state index >= 15 is 0 Å². The highest BCUT2D eigenvalue weighted by Crippen LogP contribution is 2.40. The number of esters is 1. The fourth-order valence-corrected chi connectivity index (χ4v) is 7.08. The number of aryl methyl sites for hydroxylation is 1. The summed E-state index contributed by atoms with van der Waals surface area (Å²) in [5.41, 5.74) is 4.39. The van der Waals surface area contributed by atoms with Crippen LogP contribution >= 0.6 is 27.3 Å². The van der Waals surface area contributed by atoms with Gasteiger partial charge in [-0.1, -0.05) is 31.4 Å². The van der Waals surface area contributed by atoms with Gasteiger partial charge < -0.3 is 14.8 Å². The van der Waals surface area contributed by atoms with E-state index in [1.807, 2.05) is 36.5 Å². The Morgan fingerprint density at radius 2 is 1.82 bits per heavy atom. The smallest absolute Gasteiger partial charge is 0.338 e. The van der Waals surface area contributed by atoms with Crippen LogP contribution in [0.4, 0.5) is 5.00 Å². The number of carbonyl (C=O) groups is 2. The number of ether oxygens (including phenoxy) is 2. The number of halogens is 1. The van der Waals surface area contributed by atoms with Crippen molar-refractivity contribution in [1.29, 1.82) is 0 Å². The minimum atomic E-state index is -0.324. The van der Waals surface area contributed by atoms with Crippen LogP contribution in [0, 0.1) is 0 Å². The topological polar surface area (TPSA) is 77.0 Å². The predicted octanol–water partition coefficient (Wildman–Crippen LogP) is 7.96. The van der Waals surface area contributed by atoms with Crippen molar-refractivity contribution in [3.05, 3.63) is 79.6 Å². The molecule has 3 aromatic rings. The molecule has 210 valence electrons. The number of nitrogens with zero attached hydrogens (tertiary/aromatic N) is 1. The van der Waals surface area contributed by atoms with E-state index in [9.17, 15) is 9.59 Å². The largest absolute Gasteiger partial charge is 0.488 e. The van der Waals surface area contributed by atoms with Crippen LogP contribution in [0.2, 0.25) is 0 Å². The van der Waals surface area contributed by atoms with Crippen LogP contribution < -0.4 is 10.1 Å². The summed E-state index contributed by atoms with van der Waals surface area (Å²) < 4.78 is 11.9. The first-order valence-electron chi connectivity index (χ1n) is 14.2. The average molecular weight is 624 g/mol. The Bertz CT molecular complexity index is 1380. The number of aliphatic imine (C=N–C) groups is 1. The van der Waals surface area contributed by atoms with Crippen molar-refractivity contribution in [2.75, 3.05) is 6.61 Å². The van der Waals surface area contributed by atoms with Gasteiger partial charge in [0.1, 0.15) is 17.4 Å². The number of amides is 1. The van der Waals surface area contributed by atoms with Gasteiger partial charge in [-0.3, -0.25) is 4.79 Å². The lowest BCUT2D eigenvalue weighted by Gasteiger charge is -2.23. The monoisotopic (exact) mass is 622 g/mol. The van der Waals surface area contributed by atoms with Crippen LogP contribution in [-0.4, -0.2) is 30.7 Å². The lowest BCUT2D eigenvalue weighted by molar-refractivity contribution is 0.0526. The molecule has 5 rings (SSSR count). The van der Waals surface area contributed by atoms with E-state index in [1.165, 1.54) is 36.1 Å². The summed E-state index contributed by atoms with van der Waals surface area (Å²) >= 11 is 5.29. The fourth-order valence-electron chi connectivity index (χ4n) is 5.34. The quantitative estimate of drug-likeness (QED) is 0.194. The zero-order valence-corrected chi connectivity index (χ0v) is 25.2. The van der Waals surface area contributed by atoms with Crippen molar-refractivity contribution in [2.24, 2.45) is 4.99 Å². The summed E-state index contributed by atoms with van der Waals surface area (Å²) in [6.07, 6.45) is 11.9. The third-order valence-corrected chi connectivity index (χ3v) is 9.29. The molecule has 1 amide bonds. The third kappa shape index (κ3) is 7.02. The predicted molar refractivity (Wildman–Crippen MR) is 163 cm³/mol. The van der Waals surface area contributed by atoms with Crippen LogP contribution in [0.1, 0.15) is 94.2 Å². The maximum absolute atomic E-state index is 13.4. The molecule has 2 aromatic carbocycles. The third-order valence-electron chi connectivity index (χ3n) is 7.47. The number of benzene rings is 2. The molecule has 8 heteroatoms. The molecule has 0 bridgehead atoms. The number of carbonyl (C=O) groups excluding carboxylic acids is 2. The maximum Gasteiger partial charge on any atom is 0.338 e. The standard InChI is InChI=1S/C32H35BrN2O4S/c1-2-38-32(37)23-15-12-21(13-16-23)20-39-27-17-14-22(18-26(27)33)19-34-31-29(25-10-6-7-11-28(25)40-31)30(36)35-24-8-4-3-5-9-24/h12-19,24H,2-11,20H2,1H3,(H,35,36). The first-order chi connectivity index (χ1) is 19.5. The second-order valence-corrected chi connectivity index (χ2v) is 12.3. The molecular weight excluding hydrogens is 588 g/mol. The molecule has 1 aromatic heterocycles. The first-order valence-corrected chi connectivity index (χ1v) is 15.8. The lowest BCUT2D eigenvalue weighted by Crippen LogP contribution is -2.36. The zero-order valence-electron chi connectivity index (χ0n) is 22.8. The number of fused-ring (bicyclic) bond motifs is 1. The van der Waals surface area contributed by atoms with Gasteiger partial charge in [-0.2, -0.15) is 0 Å². The summed E-state index contributed by atoms with van der Waals surface area (Å²) in [6.45, 7) is 2.51. The van der Waals surface area contributed by atoms with Gasteiger partial charge in [0.25, 0.3) is 5.91 Å². The Morgan fingerprint density at radius 3 is 2.58 bits per heavy atom. The molecule has 6 nitrogen and oxygen atoms in total. The molecule has 0 radical (unpaired) electrons. The van der Waals surface area contributed by atoms with Crippen molar-refractivity contribution in [3.63, 3.8) is 0 Å². The second-order valence-electron chi connectivity index (χ2n) is 10.4. The molecule has 0 saturated heterocycles. The molecular formula is C32H35BrN2O4S. The Morgan fingerprint density at radius 1 is 1.05 bits per heavy atom. The molecule has 0 spiro atoms. The van der Waals surface area contributed by atoms with Gasteiger partial charge in [-0.25, -0.2) is 9.79 Å². The molecule has 2 aliphatic rings. The summed E-state index contributed by atoms with van der Waals surface area (Å²) in [4.78, 5) is 31.4. The Labute approximate surface area is 248 Å². The van der Waals surface area contributed by atoms with E-state index in [4.69, 9.17) is 14.5 Å². The molecule has 1 heterocycles. The highest BCUT2D eigenvalue weighted by atomic mass is 79.9. The minimum absolute atomic E-state index is 0.0404. The fraction of sp³-hybridized carbons (Fsp3) is 0.406. The van der Waals surface area contributed by atoms with Crippen molar-refractivity contribution in [1.82, 2.24) is 5.32 Å². The van der Waals surface area contributed by atoms with E-state index in [1.54, 1.807) is 30.4 Å². The minimum Gasteiger partial charge on any atom is -0.488 e. The molecule has 0 unspecified atom stereocenters. The van der Waals surface area contributed by atoms with Crippen LogP contribution in [0.25, 0.3) is 0 Å². The summed E-state index contributed by atoms with van der Waals surface area (Å²) in [6, 6.07) is 13.3. The second kappa shape index (κ2) is 13.6. The highest BCUT2D eigenvalue weighted by Gasteiger charge is 2.27. The molecule has 1 N–H and O–H groups in total. The Hall–Kier alpha value is -2.97. The van der Waals surface area contributed by atoms with Gasteiger partial charge >= 0.3 is 5.97 Å². The molecule has 0 atom stereocenters. The Balaban J connectivity index is 1.26. The Kier molecular flexibility index (Phi) is 9.70. The number of nitrogens with one attached hydrogen (secondary N) is 1. The molecule has 1 saturated carbocycles. The van der Waals surface area contributed by atoms with E-state index < -0.39 is 0 Å². The van der Waals surface area contributed by atoms with Crippen LogP contribution in [0.15, 0.2) is 51.9 Å². The van der Waals surface area contributed by atoms with Crippen molar-refractivity contribution < 1.29 is 19.1 Å². The van der Waals surface area contributed by atoms with Gasteiger partial charge in [0.2, 0.25) is 0 Å². The van der Waals surface area contributed by atoms with Gasteiger partial charge in [0.15, 0.2) is 0 Å². The molecule has 40 heavy (non-hydrogen) atoms. The van der Waals surface area contributed by atoms with E-state index in [-0.39, 0.29) is 17.9 Å². The maximum atomic E-state index is 13.4. The average Bonchev–Trinajstić information content (AvgIpc) is 3.35. The normalized spacial score (nSPS) is 15.6. The van der Waals surface area contributed by atoms with Gasteiger partial charge in [-0.15, -0.1) is 11.3 Å². The van der Waals surface area contributed by atoms with Crippen LogP contribution in [0.3, 0.4) is 0 Å². The number of thiophene rings is 1.